The van der Waals surface area contributed by atoms with Crippen molar-refractivity contribution in [3.05, 3.63) is 11.6 Å². The van der Waals surface area contributed by atoms with E-state index in [1.54, 1.807) is 0 Å². The van der Waals surface area contributed by atoms with E-state index < -0.39 is 12.2 Å². The molecule has 2 aliphatic heterocycles. The van der Waals surface area contributed by atoms with E-state index in [1.807, 2.05) is 13.0 Å². The maximum Gasteiger partial charge on any atom is 0.334 e. The Labute approximate surface area is 264 Å². The summed E-state index contributed by atoms with van der Waals surface area (Å²) in [6, 6.07) is 0. The topological polar surface area (TPSA) is 96.2 Å². The summed E-state index contributed by atoms with van der Waals surface area (Å²) in [4.78, 5) is 11.6. The highest BCUT2D eigenvalue weighted by molar-refractivity contribution is 5.90. The van der Waals surface area contributed by atoms with E-state index in [1.165, 1.54) is 57.8 Å². The predicted octanol–water partition coefficient (Wildman–Crippen LogP) is 8.87. The lowest BCUT2D eigenvalue weighted by Gasteiger charge is -2.22. The van der Waals surface area contributed by atoms with Gasteiger partial charge in [-0.3, -0.25) is 0 Å². The predicted molar refractivity (Wildman–Crippen MR) is 176 cm³/mol. The third kappa shape index (κ3) is 18.0. The minimum absolute atomic E-state index is 0.0697. The zero-order valence-electron chi connectivity index (χ0n) is 28.0. The molecule has 0 aromatic heterocycles. The van der Waals surface area contributed by atoms with Crippen molar-refractivity contribution in [1.29, 1.82) is 0 Å². The molecule has 6 atom stereocenters. The SMILES string of the molecule is CCCCCCCCCCCC[C@@H](O)[C@H]1CC[C@H]([C@H](O)CCCCCC[C@H](O)CCCCCCCC2=C[C@H](C)OC2=O)O1. The maximum atomic E-state index is 11.6. The van der Waals surface area contributed by atoms with E-state index in [2.05, 4.69) is 6.92 Å². The van der Waals surface area contributed by atoms with Crippen LogP contribution in [0.1, 0.15) is 181 Å². The van der Waals surface area contributed by atoms with Crippen LogP contribution in [0, 0.1) is 0 Å². The summed E-state index contributed by atoms with van der Waals surface area (Å²) in [6.07, 6.45) is 29.1. The Bertz CT molecular complexity index is 724. The fourth-order valence-electron chi connectivity index (χ4n) is 6.74. The number of hydrogen-bond donors (Lipinski definition) is 3. The second-order valence-corrected chi connectivity index (χ2v) is 13.6. The molecule has 0 aromatic rings. The number of esters is 1. The van der Waals surface area contributed by atoms with Crippen molar-refractivity contribution in [2.24, 2.45) is 0 Å². The Morgan fingerprint density at radius 2 is 1.07 bits per heavy atom. The van der Waals surface area contributed by atoms with Crippen LogP contribution < -0.4 is 0 Å². The Morgan fingerprint density at radius 3 is 1.51 bits per heavy atom. The molecular weight excluding hydrogens is 540 g/mol. The lowest BCUT2D eigenvalue weighted by Crippen LogP contribution is -2.31. The zero-order chi connectivity index (χ0) is 31.1. The van der Waals surface area contributed by atoms with Gasteiger partial charge in [0, 0.05) is 5.57 Å². The van der Waals surface area contributed by atoms with Crippen LogP contribution in [0.5, 0.6) is 0 Å². The number of carbonyl (C=O) groups is 1. The monoisotopic (exact) mass is 609 g/mol. The molecule has 0 bridgehead atoms. The van der Waals surface area contributed by atoms with Crippen LogP contribution in [0.15, 0.2) is 11.6 Å². The van der Waals surface area contributed by atoms with Crippen LogP contribution in [-0.4, -0.2) is 57.9 Å². The third-order valence-corrected chi connectivity index (χ3v) is 9.56. The van der Waals surface area contributed by atoms with E-state index in [9.17, 15) is 20.1 Å². The summed E-state index contributed by atoms with van der Waals surface area (Å²) in [5.41, 5.74) is 0.836. The summed E-state index contributed by atoms with van der Waals surface area (Å²) >= 11 is 0. The largest absolute Gasteiger partial charge is 0.455 e. The van der Waals surface area contributed by atoms with Crippen molar-refractivity contribution in [2.75, 3.05) is 0 Å². The van der Waals surface area contributed by atoms with E-state index in [0.717, 1.165) is 115 Å². The summed E-state index contributed by atoms with van der Waals surface area (Å²) < 4.78 is 11.2. The molecule has 2 aliphatic rings. The van der Waals surface area contributed by atoms with Crippen molar-refractivity contribution in [2.45, 2.75) is 217 Å². The van der Waals surface area contributed by atoms with Gasteiger partial charge in [0.1, 0.15) is 6.10 Å². The minimum Gasteiger partial charge on any atom is -0.455 e. The summed E-state index contributed by atoms with van der Waals surface area (Å²) in [6.45, 7) is 4.16. The van der Waals surface area contributed by atoms with Gasteiger partial charge >= 0.3 is 5.97 Å². The molecule has 6 nitrogen and oxygen atoms in total. The van der Waals surface area contributed by atoms with Crippen molar-refractivity contribution in [3.63, 3.8) is 0 Å². The van der Waals surface area contributed by atoms with Gasteiger partial charge < -0.3 is 24.8 Å². The van der Waals surface area contributed by atoms with Gasteiger partial charge in [-0.05, 0) is 64.4 Å². The first-order chi connectivity index (χ1) is 20.9. The van der Waals surface area contributed by atoms with Gasteiger partial charge in [-0.1, -0.05) is 122 Å². The molecule has 0 radical (unpaired) electrons. The highest BCUT2D eigenvalue weighted by Gasteiger charge is 2.34. The standard InChI is InChI=1S/C37H68O6/c1-3-4-5-6-7-8-9-10-14-20-25-33(39)35-27-28-36(43-35)34(40)26-21-16-15-19-24-32(38)23-18-13-11-12-17-22-31-29-30(2)42-37(31)41/h29-30,32-36,38-40H,3-28H2,1-2H3/t30-,32+,33+,34+,35+,36+/m0/s1. The molecule has 3 N–H and O–H groups in total. The number of cyclic esters (lactones) is 1. The summed E-state index contributed by atoms with van der Waals surface area (Å²) in [5, 5.41) is 31.5. The number of aliphatic hydroxyl groups excluding tert-OH is 3. The second-order valence-electron chi connectivity index (χ2n) is 13.6. The van der Waals surface area contributed by atoms with Crippen LogP contribution in [0.4, 0.5) is 0 Å². The van der Waals surface area contributed by atoms with Gasteiger partial charge in [-0.2, -0.15) is 0 Å². The first-order valence-electron chi connectivity index (χ1n) is 18.5. The summed E-state index contributed by atoms with van der Waals surface area (Å²) in [7, 11) is 0. The van der Waals surface area contributed by atoms with Gasteiger partial charge in [0.15, 0.2) is 0 Å². The Kier molecular flexibility index (Phi) is 21.6. The van der Waals surface area contributed by atoms with E-state index in [-0.39, 0.29) is 30.4 Å². The van der Waals surface area contributed by atoms with Crippen LogP contribution in [0.3, 0.4) is 0 Å². The molecule has 1 fully saturated rings. The fraction of sp³-hybridized carbons (Fsp3) is 0.919. The lowest BCUT2D eigenvalue weighted by molar-refractivity contribution is -0.139. The average Bonchev–Trinajstić information content (AvgIpc) is 3.61. The molecule has 0 unspecified atom stereocenters. The minimum atomic E-state index is -0.438. The highest BCUT2D eigenvalue weighted by atomic mass is 16.5. The smallest absolute Gasteiger partial charge is 0.334 e. The molecule has 0 spiro atoms. The lowest BCUT2D eigenvalue weighted by atomic mass is 9.99. The molecule has 0 amide bonds. The number of aliphatic hydroxyl groups is 3. The molecule has 0 aliphatic carbocycles. The number of carbonyl (C=O) groups excluding carboxylic acids is 1. The van der Waals surface area contributed by atoms with Crippen molar-refractivity contribution in [1.82, 2.24) is 0 Å². The molecule has 2 rings (SSSR count). The van der Waals surface area contributed by atoms with Crippen LogP contribution in [0.25, 0.3) is 0 Å². The van der Waals surface area contributed by atoms with E-state index in [0.29, 0.717) is 0 Å². The first kappa shape index (κ1) is 38.2. The van der Waals surface area contributed by atoms with Crippen LogP contribution >= 0.6 is 0 Å². The van der Waals surface area contributed by atoms with E-state index in [4.69, 9.17) is 9.47 Å². The zero-order valence-corrected chi connectivity index (χ0v) is 28.0. The van der Waals surface area contributed by atoms with Gasteiger partial charge in [0.05, 0.1) is 30.5 Å². The van der Waals surface area contributed by atoms with Crippen molar-refractivity contribution < 1.29 is 29.6 Å². The molecule has 2 heterocycles. The molecule has 0 saturated carbocycles. The summed E-state index contributed by atoms with van der Waals surface area (Å²) in [5.74, 6) is -0.145. The Balaban J connectivity index is 1.36. The van der Waals surface area contributed by atoms with Gasteiger partial charge in [-0.25, -0.2) is 4.79 Å². The van der Waals surface area contributed by atoms with Gasteiger partial charge in [0.25, 0.3) is 0 Å². The first-order valence-corrected chi connectivity index (χ1v) is 18.5. The molecule has 43 heavy (non-hydrogen) atoms. The quantitative estimate of drug-likeness (QED) is 0.0606. The van der Waals surface area contributed by atoms with Crippen LogP contribution in [0.2, 0.25) is 0 Å². The maximum absolute atomic E-state index is 11.6. The number of hydrogen-bond acceptors (Lipinski definition) is 6. The van der Waals surface area contributed by atoms with E-state index >= 15 is 0 Å². The highest BCUT2D eigenvalue weighted by Crippen LogP contribution is 2.28. The second kappa shape index (κ2) is 24.3. The van der Waals surface area contributed by atoms with Gasteiger partial charge in [-0.15, -0.1) is 0 Å². The third-order valence-electron chi connectivity index (χ3n) is 9.56. The molecule has 6 heteroatoms. The fourth-order valence-corrected chi connectivity index (χ4v) is 6.74. The molecule has 0 aromatic carbocycles. The van der Waals surface area contributed by atoms with Gasteiger partial charge in [0.2, 0.25) is 0 Å². The molecule has 1 saturated heterocycles. The Morgan fingerprint density at radius 1 is 0.651 bits per heavy atom. The average molecular weight is 609 g/mol. The molecule has 252 valence electrons. The molecular formula is C37H68O6. The number of ether oxygens (including phenoxy) is 2. The number of unbranched alkanes of at least 4 members (excludes halogenated alkanes) is 16. The Hall–Kier alpha value is -0.950. The van der Waals surface area contributed by atoms with Crippen molar-refractivity contribution >= 4 is 5.97 Å². The van der Waals surface area contributed by atoms with Crippen molar-refractivity contribution in [3.8, 4) is 0 Å². The normalized spacial score (nSPS) is 22.5. The number of rotatable bonds is 28. The van der Waals surface area contributed by atoms with Crippen LogP contribution in [-0.2, 0) is 14.3 Å².